The van der Waals surface area contributed by atoms with Crippen molar-refractivity contribution in [2.45, 2.75) is 88.6 Å². The van der Waals surface area contributed by atoms with E-state index < -0.39 is 103 Å². The molecule has 0 aliphatic carbocycles. The zero-order valence-corrected chi connectivity index (χ0v) is 35.1. The maximum atomic E-state index is 14.2. The summed E-state index contributed by atoms with van der Waals surface area (Å²) >= 11 is 0. The number of carbonyl (C=O) groups excluding carboxylic acids is 6. The summed E-state index contributed by atoms with van der Waals surface area (Å²) in [5.41, 5.74) is 8.07. The molecule has 2 aromatic heterocycles. The third-order valence-corrected chi connectivity index (χ3v) is 9.94. The number of carboxylic acids is 2. The highest BCUT2D eigenvalue weighted by molar-refractivity contribution is 5.97. The summed E-state index contributed by atoms with van der Waals surface area (Å²) < 4.78 is 0. The van der Waals surface area contributed by atoms with Crippen molar-refractivity contribution < 1.29 is 58.8 Å². The van der Waals surface area contributed by atoms with Gasteiger partial charge in [0.05, 0.1) is 25.5 Å². The SMILES string of the molecule is CC(C)CC(NC(=O)CNC(=O)C(Cc1ccc(O)cc1)NC(=O)C(CO)NC(=O)C(Cc1c[nH]c2ccccc12)NC(=O)C(Cc1cnc[nH]1)NC(=O)C(N)CCC(=O)O)C(=O)O. The molecule has 0 bridgehead atoms. The third-order valence-electron chi connectivity index (χ3n) is 9.94. The van der Waals surface area contributed by atoms with Crippen molar-refractivity contribution in [3.63, 3.8) is 0 Å². The van der Waals surface area contributed by atoms with E-state index >= 15 is 0 Å². The number of carboxylic acid groups (broad SMARTS) is 2. The average molecular weight is 891 g/mol. The van der Waals surface area contributed by atoms with Crippen molar-refractivity contribution in [2.24, 2.45) is 11.7 Å². The second-order valence-electron chi connectivity index (χ2n) is 15.5. The summed E-state index contributed by atoms with van der Waals surface area (Å²) in [7, 11) is 0. The van der Waals surface area contributed by atoms with Gasteiger partial charge in [-0.15, -0.1) is 0 Å². The van der Waals surface area contributed by atoms with Gasteiger partial charge in [-0.05, 0) is 48.1 Å². The fourth-order valence-corrected chi connectivity index (χ4v) is 6.56. The smallest absolute Gasteiger partial charge is 0.326 e. The monoisotopic (exact) mass is 890 g/mol. The van der Waals surface area contributed by atoms with E-state index in [0.29, 0.717) is 27.7 Å². The minimum atomic E-state index is -1.71. The van der Waals surface area contributed by atoms with Gasteiger partial charge in [-0.25, -0.2) is 9.78 Å². The number of aromatic hydroxyl groups is 1. The Morgan fingerprint density at radius 1 is 0.719 bits per heavy atom. The Morgan fingerprint density at radius 2 is 1.33 bits per heavy atom. The van der Waals surface area contributed by atoms with Crippen molar-refractivity contribution in [1.29, 1.82) is 0 Å². The molecular formula is C42H54N10O12. The second kappa shape index (κ2) is 23.8. The van der Waals surface area contributed by atoms with Gasteiger partial charge in [-0.3, -0.25) is 33.6 Å². The van der Waals surface area contributed by atoms with Gasteiger partial charge in [0.15, 0.2) is 0 Å². The van der Waals surface area contributed by atoms with Gasteiger partial charge in [-0.1, -0.05) is 44.2 Å². The van der Waals surface area contributed by atoms with Crippen LogP contribution < -0.4 is 37.6 Å². The quantitative estimate of drug-likeness (QED) is 0.0360. The van der Waals surface area contributed by atoms with Gasteiger partial charge in [0.2, 0.25) is 35.4 Å². The van der Waals surface area contributed by atoms with E-state index in [0.717, 1.165) is 0 Å². The molecule has 6 unspecified atom stereocenters. The Balaban J connectivity index is 1.56. The lowest BCUT2D eigenvalue weighted by molar-refractivity contribution is -0.142. The van der Waals surface area contributed by atoms with Crippen LogP contribution >= 0.6 is 0 Å². The summed E-state index contributed by atoms with van der Waals surface area (Å²) in [6.45, 7) is 1.91. The molecule has 22 heteroatoms. The number of aliphatic carboxylic acids is 2. The third kappa shape index (κ3) is 15.2. The van der Waals surface area contributed by atoms with Crippen molar-refractivity contribution in [3.8, 4) is 5.75 Å². The highest BCUT2D eigenvalue weighted by Crippen LogP contribution is 2.20. The van der Waals surface area contributed by atoms with E-state index in [4.69, 9.17) is 10.8 Å². The van der Waals surface area contributed by atoms with Crippen LogP contribution in [0.2, 0.25) is 0 Å². The Hall–Kier alpha value is -7.33. The van der Waals surface area contributed by atoms with Crippen LogP contribution in [0.25, 0.3) is 10.9 Å². The number of aromatic amines is 2. The number of rotatable bonds is 25. The molecule has 2 heterocycles. The number of aliphatic hydroxyl groups excluding tert-OH is 1. The van der Waals surface area contributed by atoms with Gasteiger partial charge in [-0.2, -0.15) is 0 Å². The standard InChI is InChI=1S/C42H54N10O12/c1-22(2)13-33(42(63)64)48-35(55)19-46-38(59)30(14-23-7-9-26(54)10-8-23)50-41(62)34(20-53)52-39(60)31(15-24-17-45-29-6-4-3-5-27(24)29)51-40(61)32(16-25-18-44-21-47-25)49-37(58)28(43)11-12-36(56)57/h3-10,17-18,21-22,28,30-34,45,53-54H,11-16,19-20,43H2,1-2H3,(H,44,47)(H,46,59)(H,48,55)(H,49,58)(H,50,62)(H,51,61)(H,52,60)(H,56,57)(H,63,64). The first kappa shape index (κ1) is 49.3. The number of nitrogens with two attached hydrogens (primary N) is 1. The summed E-state index contributed by atoms with van der Waals surface area (Å²) in [5, 5.41) is 54.2. The average Bonchev–Trinajstić information content (AvgIpc) is 3.93. The van der Waals surface area contributed by atoms with Gasteiger partial charge >= 0.3 is 11.9 Å². The number of benzene rings is 2. The van der Waals surface area contributed by atoms with Crippen LogP contribution in [0.1, 0.15) is 49.9 Å². The first-order chi connectivity index (χ1) is 30.4. The summed E-state index contributed by atoms with van der Waals surface area (Å²) in [6, 6.07) is 4.28. The molecule has 0 aliphatic heterocycles. The van der Waals surface area contributed by atoms with E-state index in [9.17, 15) is 53.7 Å². The topological polar surface area (TPSA) is 360 Å². The number of carbonyl (C=O) groups is 8. The lowest BCUT2D eigenvalue weighted by Gasteiger charge is -2.26. The molecule has 0 aliphatic rings. The molecule has 2 aromatic carbocycles. The minimum absolute atomic E-state index is 0.0689. The number of H-pyrrole nitrogens is 2. The first-order valence-corrected chi connectivity index (χ1v) is 20.3. The molecule has 4 aromatic rings. The fraction of sp³-hybridized carbons (Fsp3) is 0.405. The molecule has 0 spiro atoms. The molecule has 6 amide bonds. The van der Waals surface area contributed by atoms with Crippen LogP contribution in [0.15, 0.2) is 67.3 Å². The summed E-state index contributed by atoms with van der Waals surface area (Å²) in [6.07, 6.45) is 3.34. The normalized spacial score (nSPS) is 14.0. The predicted molar refractivity (Wildman–Crippen MR) is 228 cm³/mol. The molecule has 14 N–H and O–H groups in total. The maximum Gasteiger partial charge on any atom is 0.326 e. The maximum absolute atomic E-state index is 14.2. The van der Waals surface area contributed by atoms with Crippen LogP contribution in [0.4, 0.5) is 0 Å². The number of aliphatic hydroxyl groups is 1. The minimum Gasteiger partial charge on any atom is -0.508 e. The van der Waals surface area contributed by atoms with Gasteiger partial charge in [0.1, 0.15) is 36.0 Å². The van der Waals surface area contributed by atoms with E-state index in [2.05, 4.69) is 46.9 Å². The number of para-hydroxylation sites is 1. The van der Waals surface area contributed by atoms with Crippen molar-refractivity contribution >= 4 is 58.3 Å². The largest absolute Gasteiger partial charge is 0.508 e. The Bertz CT molecular complexity index is 2250. The Kier molecular flexibility index (Phi) is 18.3. The predicted octanol–water partition coefficient (Wildman–Crippen LogP) is -1.52. The zero-order valence-electron chi connectivity index (χ0n) is 35.1. The van der Waals surface area contributed by atoms with Crippen LogP contribution in [0, 0.1) is 5.92 Å². The Morgan fingerprint density at radius 3 is 1.94 bits per heavy atom. The molecule has 0 radical (unpaired) electrons. The summed E-state index contributed by atoms with van der Waals surface area (Å²) in [4.78, 5) is 114. The molecule has 344 valence electrons. The van der Waals surface area contributed by atoms with Crippen LogP contribution in [0.3, 0.4) is 0 Å². The number of phenolic OH excluding ortho intramolecular Hbond substituents is 1. The van der Waals surface area contributed by atoms with E-state index in [1.807, 2.05) is 0 Å². The number of fused-ring (bicyclic) bond motifs is 1. The lowest BCUT2D eigenvalue weighted by Crippen LogP contribution is -2.60. The van der Waals surface area contributed by atoms with Crippen molar-refractivity contribution in [3.05, 3.63) is 84.1 Å². The van der Waals surface area contributed by atoms with Crippen LogP contribution in [-0.4, -0.2) is 132 Å². The second-order valence-corrected chi connectivity index (χ2v) is 15.5. The number of aromatic nitrogens is 3. The van der Waals surface area contributed by atoms with E-state index in [1.165, 1.54) is 36.8 Å². The van der Waals surface area contributed by atoms with Gasteiger partial charge in [0.25, 0.3) is 0 Å². The number of nitrogens with one attached hydrogen (secondary N) is 8. The molecule has 0 saturated heterocycles. The summed E-state index contributed by atoms with van der Waals surface area (Å²) in [5.74, 6) is -7.98. The molecular weight excluding hydrogens is 837 g/mol. The molecule has 0 saturated carbocycles. The van der Waals surface area contributed by atoms with Crippen molar-refractivity contribution in [1.82, 2.24) is 46.9 Å². The number of nitrogens with zero attached hydrogens (tertiary/aromatic N) is 1. The molecule has 0 fully saturated rings. The molecule has 64 heavy (non-hydrogen) atoms. The molecule has 4 rings (SSSR count). The highest BCUT2D eigenvalue weighted by atomic mass is 16.4. The van der Waals surface area contributed by atoms with E-state index in [1.54, 1.807) is 44.3 Å². The number of phenols is 1. The number of amides is 6. The van der Waals surface area contributed by atoms with Crippen LogP contribution in [-0.2, 0) is 57.6 Å². The number of imidazole rings is 1. The highest BCUT2D eigenvalue weighted by Gasteiger charge is 2.33. The lowest BCUT2D eigenvalue weighted by atomic mass is 10.0. The van der Waals surface area contributed by atoms with Crippen LogP contribution in [0.5, 0.6) is 5.75 Å². The van der Waals surface area contributed by atoms with Crippen molar-refractivity contribution in [2.75, 3.05) is 13.2 Å². The molecule has 6 atom stereocenters. The zero-order chi connectivity index (χ0) is 46.9. The molecule has 22 nitrogen and oxygen atoms in total. The number of hydrogen-bond acceptors (Lipinski definition) is 12. The fourth-order valence-electron chi connectivity index (χ4n) is 6.56. The van der Waals surface area contributed by atoms with Gasteiger partial charge < -0.3 is 68.0 Å². The number of hydrogen-bond donors (Lipinski definition) is 13. The van der Waals surface area contributed by atoms with Gasteiger partial charge in [0, 0.05) is 54.7 Å². The Labute approximate surface area is 366 Å². The first-order valence-electron chi connectivity index (χ1n) is 20.3. The van der Waals surface area contributed by atoms with E-state index in [-0.39, 0.29) is 43.8 Å².